The van der Waals surface area contributed by atoms with E-state index in [0.29, 0.717) is 6.42 Å². The summed E-state index contributed by atoms with van der Waals surface area (Å²) in [4.78, 5) is 11.9. The summed E-state index contributed by atoms with van der Waals surface area (Å²) < 4.78 is 63.5. The Labute approximate surface area is 143 Å². The number of hydrogen-bond donors (Lipinski definition) is 1. The second-order valence-corrected chi connectivity index (χ2v) is 6.40. The van der Waals surface area contributed by atoms with Gasteiger partial charge in [-0.05, 0) is 30.0 Å². The molecule has 8 heteroatoms. The predicted octanol–water partition coefficient (Wildman–Crippen LogP) is 3.75. The molecule has 0 bridgehead atoms. The van der Waals surface area contributed by atoms with E-state index in [4.69, 9.17) is 4.74 Å². The number of carbonyl (C=O) groups excluding carboxylic acids is 1. The maximum absolute atomic E-state index is 13.6. The Morgan fingerprint density at radius 1 is 1.24 bits per heavy atom. The van der Waals surface area contributed by atoms with Crippen molar-refractivity contribution in [2.75, 3.05) is 13.7 Å². The van der Waals surface area contributed by atoms with E-state index in [1.165, 1.54) is 27.0 Å². The molecule has 0 saturated carbocycles. The van der Waals surface area contributed by atoms with Crippen molar-refractivity contribution in [3.8, 4) is 5.75 Å². The molecule has 1 aromatic rings. The molecule has 1 unspecified atom stereocenters. The third kappa shape index (κ3) is 4.62. The van der Waals surface area contributed by atoms with Crippen LogP contribution in [0.25, 0.3) is 0 Å². The lowest BCUT2D eigenvalue weighted by atomic mass is 9.74. The van der Waals surface area contributed by atoms with Crippen LogP contribution < -0.4 is 4.74 Å². The molecule has 4 nitrogen and oxygen atoms in total. The lowest BCUT2D eigenvalue weighted by molar-refractivity contribution is -0.268. The third-order valence-electron chi connectivity index (χ3n) is 3.83. The molecule has 1 rings (SSSR count). The minimum absolute atomic E-state index is 0.0981. The minimum atomic E-state index is -5.25. The van der Waals surface area contributed by atoms with E-state index in [9.17, 15) is 27.5 Å². The van der Waals surface area contributed by atoms with Crippen LogP contribution in [0.1, 0.15) is 39.2 Å². The van der Waals surface area contributed by atoms with Gasteiger partial charge in [0.15, 0.2) is 0 Å². The van der Waals surface area contributed by atoms with Crippen LogP contribution in [0, 0.1) is 5.82 Å². The Balaban J connectivity index is 3.32. The number of ether oxygens (including phenoxy) is 2. The molecular weight excluding hydrogens is 344 g/mol. The van der Waals surface area contributed by atoms with E-state index in [0.717, 1.165) is 12.1 Å². The topological polar surface area (TPSA) is 55.8 Å². The van der Waals surface area contributed by atoms with Gasteiger partial charge in [-0.1, -0.05) is 20.8 Å². The number of aliphatic hydroxyl groups is 1. The fourth-order valence-electron chi connectivity index (χ4n) is 2.55. The van der Waals surface area contributed by atoms with Crippen LogP contribution in [0.3, 0.4) is 0 Å². The summed E-state index contributed by atoms with van der Waals surface area (Å²) >= 11 is 0. The lowest BCUT2D eigenvalue weighted by Gasteiger charge is -2.36. The van der Waals surface area contributed by atoms with Crippen molar-refractivity contribution >= 4 is 5.97 Å². The van der Waals surface area contributed by atoms with E-state index in [1.807, 2.05) is 0 Å². The molecule has 1 atom stereocenters. The first-order valence-corrected chi connectivity index (χ1v) is 7.69. The van der Waals surface area contributed by atoms with E-state index in [1.54, 1.807) is 6.92 Å². The van der Waals surface area contributed by atoms with Crippen LogP contribution in [0.5, 0.6) is 5.75 Å². The van der Waals surface area contributed by atoms with Crippen LogP contribution in [0.4, 0.5) is 17.6 Å². The van der Waals surface area contributed by atoms with Crippen molar-refractivity contribution in [2.45, 2.75) is 50.8 Å². The number of esters is 1. The molecule has 1 N–H and O–H groups in total. The summed E-state index contributed by atoms with van der Waals surface area (Å²) in [5.74, 6) is -2.30. The molecule has 0 saturated heterocycles. The van der Waals surface area contributed by atoms with Gasteiger partial charge in [0.25, 0.3) is 5.60 Å². The van der Waals surface area contributed by atoms with Crippen molar-refractivity contribution < 1.29 is 36.9 Å². The fraction of sp³-hybridized carbons (Fsp3) is 0.588. The van der Waals surface area contributed by atoms with Crippen LogP contribution >= 0.6 is 0 Å². The zero-order chi connectivity index (χ0) is 19.5. The van der Waals surface area contributed by atoms with Gasteiger partial charge in [0.1, 0.15) is 11.6 Å². The smallest absolute Gasteiger partial charge is 0.428 e. The van der Waals surface area contributed by atoms with Crippen LogP contribution in [0.15, 0.2) is 18.2 Å². The molecule has 0 heterocycles. The summed E-state index contributed by atoms with van der Waals surface area (Å²) in [7, 11) is 1.29. The molecule has 0 aliphatic heterocycles. The number of alkyl halides is 3. The van der Waals surface area contributed by atoms with E-state index < -0.39 is 35.4 Å². The highest BCUT2D eigenvalue weighted by molar-refractivity contribution is 5.80. The first kappa shape index (κ1) is 21.2. The summed E-state index contributed by atoms with van der Waals surface area (Å²) in [6, 6.07) is 3.39. The Kier molecular flexibility index (Phi) is 6.44. The van der Waals surface area contributed by atoms with Crippen molar-refractivity contribution in [3.05, 3.63) is 29.6 Å². The Hall–Kier alpha value is -1.83. The number of benzene rings is 1. The molecule has 0 aliphatic carbocycles. The van der Waals surface area contributed by atoms with Gasteiger partial charge in [0, 0.05) is 12.0 Å². The maximum atomic E-state index is 13.6. The van der Waals surface area contributed by atoms with E-state index in [-0.39, 0.29) is 17.9 Å². The zero-order valence-electron chi connectivity index (χ0n) is 14.5. The predicted molar refractivity (Wildman–Crippen MR) is 82.8 cm³/mol. The first-order valence-electron chi connectivity index (χ1n) is 7.69. The quantitative estimate of drug-likeness (QED) is 0.590. The largest absolute Gasteiger partial charge is 0.496 e. The molecule has 0 spiro atoms. The number of rotatable bonds is 7. The molecule has 142 valence electrons. The molecule has 1 aromatic carbocycles. The van der Waals surface area contributed by atoms with Crippen molar-refractivity contribution in [1.29, 1.82) is 0 Å². The summed E-state index contributed by atoms with van der Waals surface area (Å²) in [5.41, 5.74) is -5.06. The van der Waals surface area contributed by atoms with Gasteiger partial charge in [0.05, 0.1) is 13.7 Å². The number of methoxy groups -OCH3 is 1. The molecule has 0 fully saturated rings. The molecule has 0 radical (unpaired) electrons. The van der Waals surface area contributed by atoms with Crippen LogP contribution in [0.2, 0.25) is 0 Å². The van der Waals surface area contributed by atoms with E-state index >= 15 is 0 Å². The van der Waals surface area contributed by atoms with Gasteiger partial charge in [-0.3, -0.25) is 0 Å². The highest BCUT2D eigenvalue weighted by atomic mass is 19.4. The van der Waals surface area contributed by atoms with Gasteiger partial charge < -0.3 is 14.6 Å². The van der Waals surface area contributed by atoms with Crippen molar-refractivity contribution in [1.82, 2.24) is 0 Å². The first-order chi connectivity index (χ1) is 11.4. The van der Waals surface area contributed by atoms with Crippen LogP contribution in [-0.4, -0.2) is 36.6 Å². The number of halogens is 4. The van der Waals surface area contributed by atoms with Gasteiger partial charge >= 0.3 is 12.1 Å². The lowest BCUT2D eigenvalue weighted by Crippen LogP contribution is -2.56. The van der Waals surface area contributed by atoms with Gasteiger partial charge in [-0.15, -0.1) is 0 Å². The van der Waals surface area contributed by atoms with Gasteiger partial charge in [0.2, 0.25) is 0 Å². The molecule has 25 heavy (non-hydrogen) atoms. The second kappa shape index (κ2) is 7.59. The molecule has 0 amide bonds. The summed E-state index contributed by atoms with van der Waals surface area (Å²) in [6.07, 6.45) is -6.00. The SMILES string of the molecule is CCCOC(=O)C(O)(CC(C)(C)c1cc(F)ccc1OC)C(F)(F)F. The molecule has 0 aliphatic rings. The number of carbonyl (C=O) groups is 1. The molecular formula is C17H22F4O4. The van der Waals surface area contributed by atoms with Crippen molar-refractivity contribution in [2.24, 2.45) is 0 Å². The van der Waals surface area contributed by atoms with Crippen molar-refractivity contribution in [3.63, 3.8) is 0 Å². The van der Waals surface area contributed by atoms with E-state index in [2.05, 4.69) is 4.74 Å². The standard InChI is InChI=1S/C17H22F4O4/c1-5-8-25-14(22)16(23,17(19,20)21)10-15(2,3)12-9-11(18)6-7-13(12)24-4/h6-7,9,23H,5,8,10H2,1-4H3. The fourth-order valence-corrected chi connectivity index (χ4v) is 2.55. The average Bonchev–Trinajstić information content (AvgIpc) is 2.50. The summed E-state index contributed by atoms with van der Waals surface area (Å²) in [6.45, 7) is 4.07. The Morgan fingerprint density at radius 2 is 1.84 bits per heavy atom. The number of hydrogen-bond acceptors (Lipinski definition) is 4. The summed E-state index contributed by atoms with van der Waals surface area (Å²) in [5, 5.41) is 10.1. The third-order valence-corrected chi connectivity index (χ3v) is 3.83. The highest BCUT2D eigenvalue weighted by Gasteiger charge is 2.62. The maximum Gasteiger partial charge on any atom is 0.428 e. The Bertz CT molecular complexity index is 613. The van der Waals surface area contributed by atoms with Crippen LogP contribution in [-0.2, 0) is 14.9 Å². The average molecular weight is 366 g/mol. The second-order valence-electron chi connectivity index (χ2n) is 6.40. The normalized spacial score (nSPS) is 14.8. The Morgan fingerprint density at radius 3 is 2.32 bits per heavy atom. The molecule has 0 aromatic heterocycles. The van der Waals surface area contributed by atoms with Gasteiger partial charge in [-0.2, -0.15) is 13.2 Å². The monoisotopic (exact) mass is 366 g/mol. The minimum Gasteiger partial charge on any atom is -0.496 e. The zero-order valence-corrected chi connectivity index (χ0v) is 14.5. The van der Waals surface area contributed by atoms with Gasteiger partial charge in [-0.25, -0.2) is 9.18 Å². The highest BCUT2D eigenvalue weighted by Crippen LogP contribution is 2.44.